The summed E-state index contributed by atoms with van der Waals surface area (Å²) >= 11 is 0. The summed E-state index contributed by atoms with van der Waals surface area (Å²) in [6, 6.07) is 3.69. The largest absolute Gasteiger partial charge is 0.468 e. The molecule has 0 saturated carbocycles. The molecule has 1 aromatic rings. The van der Waals surface area contributed by atoms with E-state index in [4.69, 9.17) is 5.73 Å². The van der Waals surface area contributed by atoms with Crippen LogP contribution < -0.4 is 5.73 Å². The average molecular weight is 194 g/mol. The number of esters is 1. The molecule has 0 radical (unpaired) electrons. The highest BCUT2D eigenvalue weighted by molar-refractivity contribution is 5.77. The number of nitrogens with zero attached hydrogens (tertiary/aromatic N) is 1. The normalized spacial score (nSPS) is 12.2. The smallest absolute Gasteiger partial charge is 0.316 e. The van der Waals surface area contributed by atoms with Crippen molar-refractivity contribution in [2.45, 2.75) is 12.8 Å². The van der Waals surface area contributed by atoms with Crippen molar-refractivity contribution in [1.29, 1.82) is 0 Å². The van der Waals surface area contributed by atoms with Gasteiger partial charge in [0.05, 0.1) is 12.8 Å². The molecule has 1 heterocycles. The molecule has 0 saturated heterocycles. The number of carbonyl (C=O) groups excluding carboxylic acids is 1. The number of ether oxygens (including phenoxy) is 1. The molecule has 0 aliphatic carbocycles. The number of hydrogen-bond acceptors (Lipinski definition) is 4. The van der Waals surface area contributed by atoms with Crippen LogP contribution in [0.3, 0.4) is 0 Å². The van der Waals surface area contributed by atoms with Gasteiger partial charge in [0.1, 0.15) is 5.92 Å². The molecule has 0 aromatic carbocycles. The van der Waals surface area contributed by atoms with E-state index >= 15 is 0 Å². The third kappa shape index (κ3) is 2.29. The lowest BCUT2D eigenvalue weighted by atomic mass is 10.1. The average Bonchev–Trinajstić information content (AvgIpc) is 2.21. The fourth-order valence-electron chi connectivity index (χ4n) is 1.17. The Balaban J connectivity index is 2.89. The van der Waals surface area contributed by atoms with Crippen LogP contribution in [0.2, 0.25) is 0 Å². The minimum Gasteiger partial charge on any atom is -0.468 e. The van der Waals surface area contributed by atoms with Crippen molar-refractivity contribution in [3.8, 4) is 0 Å². The number of aryl methyl sites for hydroxylation is 1. The molecule has 2 N–H and O–H groups in total. The summed E-state index contributed by atoms with van der Waals surface area (Å²) in [7, 11) is 1.35. The van der Waals surface area contributed by atoms with Crippen LogP contribution in [0.25, 0.3) is 0 Å². The predicted molar refractivity (Wildman–Crippen MR) is 52.8 cm³/mol. The molecule has 0 bridgehead atoms. The third-order valence-corrected chi connectivity index (χ3v) is 2.01. The molecule has 4 heteroatoms. The van der Waals surface area contributed by atoms with Crippen LogP contribution in [-0.2, 0) is 9.53 Å². The number of hydrogen-bond donors (Lipinski definition) is 1. The molecule has 0 amide bonds. The van der Waals surface area contributed by atoms with Gasteiger partial charge in [-0.25, -0.2) is 0 Å². The van der Waals surface area contributed by atoms with Crippen molar-refractivity contribution in [3.05, 3.63) is 29.6 Å². The maximum atomic E-state index is 11.3. The Morgan fingerprint density at radius 2 is 2.36 bits per heavy atom. The second-order valence-corrected chi connectivity index (χ2v) is 3.07. The van der Waals surface area contributed by atoms with Crippen molar-refractivity contribution in [2.24, 2.45) is 5.73 Å². The van der Waals surface area contributed by atoms with Crippen molar-refractivity contribution in [2.75, 3.05) is 13.7 Å². The van der Waals surface area contributed by atoms with E-state index in [9.17, 15) is 4.79 Å². The van der Waals surface area contributed by atoms with Crippen LogP contribution in [0.4, 0.5) is 0 Å². The molecule has 14 heavy (non-hydrogen) atoms. The molecule has 0 aliphatic rings. The van der Waals surface area contributed by atoms with Gasteiger partial charge in [0.15, 0.2) is 0 Å². The first-order chi connectivity index (χ1) is 6.69. The highest BCUT2D eigenvalue weighted by atomic mass is 16.5. The first kappa shape index (κ1) is 10.7. The maximum Gasteiger partial charge on any atom is 0.316 e. The number of rotatable bonds is 3. The van der Waals surface area contributed by atoms with Gasteiger partial charge < -0.3 is 10.5 Å². The molecule has 4 nitrogen and oxygen atoms in total. The van der Waals surface area contributed by atoms with E-state index in [1.165, 1.54) is 7.11 Å². The lowest BCUT2D eigenvalue weighted by molar-refractivity contribution is -0.142. The summed E-state index contributed by atoms with van der Waals surface area (Å²) in [5.74, 6) is -0.801. The van der Waals surface area contributed by atoms with Crippen LogP contribution in [0, 0.1) is 6.92 Å². The number of carbonyl (C=O) groups is 1. The lowest BCUT2D eigenvalue weighted by Crippen LogP contribution is -2.23. The Kier molecular flexibility index (Phi) is 3.59. The van der Waals surface area contributed by atoms with Gasteiger partial charge in [0, 0.05) is 12.7 Å². The second-order valence-electron chi connectivity index (χ2n) is 3.07. The van der Waals surface area contributed by atoms with Crippen LogP contribution in [0.15, 0.2) is 18.3 Å². The van der Waals surface area contributed by atoms with Crippen LogP contribution in [0.5, 0.6) is 0 Å². The quantitative estimate of drug-likeness (QED) is 0.716. The highest BCUT2D eigenvalue weighted by Gasteiger charge is 2.20. The molecular weight excluding hydrogens is 180 g/mol. The summed E-state index contributed by atoms with van der Waals surface area (Å²) in [6.07, 6.45) is 1.71. The summed E-state index contributed by atoms with van der Waals surface area (Å²) in [5.41, 5.74) is 7.19. The zero-order valence-corrected chi connectivity index (χ0v) is 8.36. The summed E-state index contributed by atoms with van der Waals surface area (Å²) < 4.78 is 4.63. The van der Waals surface area contributed by atoms with Gasteiger partial charge in [0.25, 0.3) is 0 Å². The summed E-state index contributed by atoms with van der Waals surface area (Å²) in [4.78, 5) is 15.4. The van der Waals surface area contributed by atoms with Gasteiger partial charge in [0.2, 0.25) is 0 Å². The summed E-state index contributed by atoms with van der Waals surface area (Å²) in [6.45, 7) is 2.15. The van der Waals surface area contributed by atoms with Gasteiger partial charge in [-0.1, -0.05) is 6.07 Å². The van der Waals surface area contributed by atoms with E-state index in [2.05, 4.69) is 9.72 Å². The Labute approximate surface area is 83.1 Å². The Morgan fingerprint density at radius 1 is 1.64 bits per heavy atom. The minimum absolute atomic E-state index is 0.211. The molecular formula is C10H14N2O2. The summed E-state index contributed by atoms with van der Waals surface area (Å²) in [5, 5.41) is 0. The number of pyridine rings is 1. The second kappa shape index (κ2) is 4.72. The Hall–Kier alpha value is -1.42. The number of aromatic nitrogens is 1. The van der Waals surface area contributed by atoms with E-state index in [1.807, 2.05) is 13.0 Å². The fourth-order valence-corrected chi connectivity index (χ4v) is 1.17. The molecule has 76 valence electrons. The van der Waals surface area contributed by atoms with E-state index in [0.717, 1.165) is 5.56 Å². The van der Waals surface area contributed by atoms with Gasteiger partial charge in [-0.05, 0) is 18.6 Å². The minimum atomic E-state index is -0.458. The third-order valence-electron chi connectivity index (χ3n) is 2.01. The van der Waals surface area contributed by atoms with E-state index < -0.39 is 5.92 Å². The topological polar surface area (TPSA) is 65.2 Å². The zero-order chi connectivity index (χ0) is 10.6. The molecule has 0 aliphatic heterocycles. The van der Waals surface area contributed by atoms with Crippen molar-refractivity contribution in [3.63, 3.8) is 0 Å². The van der Waals surface area contributed by atoms with Crippen molar-refractivity contribution < 1.29 is 9.53 Å². The first-order valence-corrected chi connectivity index (χ1v) is 4.39. The van der Waals surface area contributed by atoms with Crippen LogP contribution >= 0.6 is 0 Å². The predicted octanol–water partition coefficient (Wildman–Crippen LogP) is 0.605. The highest BCUT2D eigenvalue weighted by Crippen LogP contribution is 2.13. The Morgan fingerprint density at radius 3 is 2.79 bits per heavy atom. The first-order valence-electron chi connectivity index (χ1n) is 4.39. The zero-order valence-electron chi connectivity index (χ0n) is 8.36. The van der Waals surface area contributed by atoms with E-state index in [1.54, 1.807) is 12.3 Å². The van der Waals surface area contributed by atoms with Gasteiger partial charge in [-0.15, -0.1) is 0 Å². The van der Waals surface area contributed by atoms with Gasteiger partial charge in [-0.2, -0.15) is 0 Å². The van der Waals surface area contributed by atoms with Crippen molar-refractivity contribution in [1.82, 2.24) is 4.98 Å². The standard InChI is InChI=1S/C10H14N2O2/c1-7-3-4-9(12-6-7)8(5-11)10(13)14-2/h3-4,6,8H,5,11H2,1-2H3. The SMILES string of the molecule is COC(=O)C(CN)c1ccc(C)cn1. The molecule has 1 atom stereocenters. The van der Waals surface area contributed by atoms with E-state index in [0.29, 0.717) is 5.69 Å². The molecule has 1 aromatic heterocycles. The van der Waals surface area contributed by atoms with Crippen LogP contribution in [0.1, 0.15) is 17.2 Å². The Bertz CT molecular complexity index is 308. The number of nitrogens with two attached hydrogens (primary N) is 1. The fraction of sp³-hybridized carbons (Fsp3) is 0.400. The van der Waals surface area contributed by atoms with E-state index in [-0.39, 0.29) is 12.5 Å². The molecule has 1 unspecified atom stereocenters. The molecule has 0 fully saturated rings. The monoisotopic (exact) mass is 194 g/mol. The number of methoxy groups -OCH3 is 1. The lowest BCUT2D eigenvalue weighted by Gasteiger charge is -2.11. The van der Waals surface area contributed by atoms with Gasteiger partial charge >= 0.3 is 5.97 Å². The maximum absolute atomic E-state index is 11.3. The van der Waals surface area contributed by atoms with Crippen LogP contribution in [-0.4, -0.2) is 24.6 Å². The van der Waals surface area contributed by atoms with Crippen molar-refractivity contribution >= 4 is 5.97 Å². The molecule has 0 spiro atoms. The van der Waals surface area contributed by atoms with Gasteiger partial charge in [-0.3, -0.25) is 9.78 Å². The molecule has 1 rings (SSSR count).